The molecule has 0 aliphatic carbocycles. The number of halogens is 1. The van der Waals surface area contributed by atoms with Crippen molar-refractivity contribution in [3.05, 3.63) is 58.6 Å². The van der Waals surface area contributed by atoms with Gasteiger partial charge in [-0.05, 0) is 35.4 Å². The zero-order valence-electron chi connectivity index (χ0n) is 13.5. The van der Waals surface area contributed by atoms with Gasteiger partial charge in [-0.2, -0.15) is 0 Å². The van der Waals surface area contributed by atoms with Gasteiger partial charge in [0.15, 0.2) is 5.13 Å². The zero-order chi connectivity index (χ0) is 17.8. The van der Waals surface area contributed by atoms with Crippen LogP contribution in [0, 0.1) is 0 Å². The average molecular weight is 374 g/mol. The number of nitrogens with zero attached hydrogens (tertiary/aromatic N) is 1. The number of anilines is 1. The fourth-order valence-electron chi connectivity index (χ4n) is 2.38. The predicted molar refractivity (Wildman–Crippen MR) is 101 cm³/mol. The standard InChI is InChI=1S/C18H16ClN3O2S/c1-11(23)21-18-22-15-6-5-12(8-16(15)25-18)9-17(24)20-10-13-3-2-4-14(19)7-13/h2-8H,9-10H2,1H3,(H,20,24)(H,21,22,23). The molecule has 0 aliphatic heterocycles. The van der Waals surface area contributed by atoms with Crippen molar-refractivity contribution in [1.29, 1.82) is 0 Å². The molecule has 2 amide bonds. The molecule has 0 unspecified atom stereocenters. The Morgan fingerprint density at radius 3 is 2.76 bits per heavy atom. The summed E-state index contributed by atoms with van der Waals surface area (Å²) in [7, 11) is 0. The van der Waals surface area contributed by atoms with Crippen molar-refractivity contribution in [2.75, 3.05) is 5.32 Å². The highest BCUT2D eigenvalue weighted by molar-refractivity contribution is 7.22. The molecule has 5 nitrogen and oxygen atoms in total. The van der Waals surface area contributed by atoms with Crippen molar-refractivity contribution in [2.45, 2.75) is 19.9 Å². The van der Waals surface area contributed by atoms with Crippen LogP contribution < -0.4 is 10.6 Å². The molecule has 0 saturated heterocycles. The largest absolute Gasteiger partial charge is 0.352 e. The number of carbonyl (C=O) groups excluding carboxylic acids is 2. The first-order valence-electron chi connectivity index (χ1n) is 7.68. The summed E-state index contributed by atoms with van der Waals surface area (Å²) in [5.74, 6) is -0.217. The van der Waals surface area contributed by atoms with Gasteiger partial charge in [0, 0.05) is 18.5 Å². The molecule has 2 N–H and O–H groups in total. The molecule has 0 fully saturated rings. The maximum atomic E-state index is 12.1. The van der Waals surface area contributed by atoms with E-state index in [-0.39, 0.29) is 18.2 Å². The van der Waals surface area contributed by atoms with E-state index in [1.807, 2.05) is 36.4 Å². The predicted octanol–water partition coefficient (Wildman–Crippen LogP) is 3.77. The Balaban J connectivity index is 1.63. The van der Waals surface area contributed by atoms with E-state index in [4.69, 9.17) is 11.6 Å². The molecule has 1 aromatic heterocycles. The fourth-order valence-corrected chi connectivity index (χ4v) is 3.57. The molecule has 128 valence electrons. The number of amides is 2. The first-order chi connectivity index (χ1) is 12.0. The van der Waals surface area contributed by atoms with Gasteiger partial charge in [-0.1, -0.05) is 41.1 Å². The summed E-state index contributed by atoms with van der Waals surface area (Å²) in [5.41, 5.74) is 2.66. The summed E-state index contributed by atoms with van der Waals surface area (Å²) in [5, 5.41) is 6.77. The van der Waals surface area contributed by atoms with Crippen LogP contribution in [0.15, 0.2) is 42.5 Å². The van der Waals surface area contributed by atoms with Crippen LogP contribution in [0.5, 0.6) is 0 Å². The Kier molecular flexibility index (Phi) is 5.31. The molecule has 1 heterocycles. The number of hydrogen-bond donors (Lipinski definition) is 2. The Labute approximate surface area is 154 Å². The molecule has 0 radical (unpaired) electrons. The molecule has 0 spiro atoms. The van der Waals surface area contributed by atoms with Crippen molar-refractivity contribution >= 4 is 50.1 Å². The lowest BCUT2D eigenvalue weighted by Crippen LogP contribution is -2.24. The second-order valence-corrected chi connectivity index (χ2v) is 7.05. The lowest BCUT2D eigenvalue weighted by molar-refractivity contribution is -0.120. The van der Waals surface area contributed by atoms with Gasteiger partial charge in [0.25, 0.3) is 0 Å². The van der Waals surface area contributed by atoms with Crippen molar-refractivity contribution in [3.8, 4) is 0 Å². The molecule has 0 atom stereocenters. The molecule has 7 heteroatoms. The van der Waals surface area contributed by atoms with Crippen LogP contribution in [-0.2, 0) is 22.6 Å². The first-order valence-corrected chi connectivity index (χ1v) is 8.87. The van der Waals surface area contributed by atoms with Gasteiger partial charge in [-0.25, -0.2) is 4.98 Å². The van der Waals surface area contributed by atoms with Crippen molar-refractivity contribution < 1.29 is 9.59 Å². The monoisotopic (exact) mass is 373 g/mol. The minimum atomic E-state index is -0.153. The van der Waals surface area contributed by atoms with Crippen molar-refractivity contribution in [1.82, 2.24) is 10.3 Å². The summed E-state index contributed by atoms with van der Waals surface area (Å²) >= 11 is 7.32. The third-order valence-corrected chi connectivity index (χ3v) is 4.65. The van der Waals surface area contributed by atoms with Crippen LogP contribution in [0.25, 0.3) is 10.2 Å². The van der Waals surface area contributed by atoms with E-state index < -0.39 is 0 Å². The minimum Gasteiger partial charge on any atom is -0.352 e. The molecule has 25 heavy (non-hydrogen) atoms. The van der Waals surface area contributed by atoms with Gasteiger partial charge >= 0.3 is 0 Å². The number of aromatic nitrogens is 1. The second-order valence-electron chi connectivity index (χ2n) is 5.59. The Morgan fingerprint density at radius 2 is 2.00 bits per heavy atom. The summed E-state index contributed by atoms with van der Waals surface area (Å²) in [6, 6.07) is 13.1. The van der Waals surface area contributed by atoms with E-state index in [0.29, 0.717) is 16.7 Å². The number of carbonyl (C=O) groups is 2. The van der Waals surface area contributed by atoms with E-state index in [0.717, 1.165) is 21.3 Å². The lowest BCUT2D eigenvalue weighted by Gasteiger charge is -2.06. The third kappa shape index (κ3) is 4.78. The number of nitrogens with one attached hydrogen (secondary N) is 2. The van der Waals surface area contributed by atoms with E-state index in [2.05, 4.69) is 15.6 Å². The van der Waals surface area contributed by atoms with Crippen LogP contribution in [0.4, 0.5) is 5.13 Å². The van der Waals surface area contributed by atoms with Crippen LogP contribution in [-0.4, -0.2) is 16.8 Å². The van der Waals surface area contributed by atoms with Gasteiger partial charge in [0.1, 0.15) is 0 Å². The van der Waals surface area contributed by atoms with E-state index in [9.17, 15) is 9.59 Å². The number of benzene rings is 2. The van der Waals surface area contributed by atoms with Crippen LogP contribution >= 0.6 is 22.9 Å². The number of thiazole rings is 1. The third-order valence-electron chi connectivity index (χ3n) is 3.48. The normalized spacial score (nSPS) is 10.6. The molecule has 2 aromatic carbocycles. The van der Waals surface area contributed by atoms with Gasteiger partial charge in [-0.15, -0.1) is 0 Å². The summed E-state index contributed by atoms with van der Waals surface area (Å²) in [4.78, 5) is 27.6. The minimum absolute atomic E-state index is 0.0640. The Bertz CT molecular complexity index is 939. The summed E-state index contributed by atoms with van der Waals surface area (Å²) in [6.07, 6.45) is 0.282. The molecule has 3 aromatic rings. The maximum absolute atomic E-state index is 12.1. The molecule has 3 rings (SSSR count). The summed E-state index contributed by atoms with van der Waals surface area (Å²) < 4.78 is 0.934. The van der Waals surface area contributed by atoms with Crippen LogP contribution in [0.2, 0.25) is 5.02 Å². The topological polar surface area (TPSA) is 71.1 Å². The summed E-state index contributed by atoms with van der Waals surface area (Å²) in [6.45, 7) is 1.89. The smallest absolute Gasteiger partial charge is 0.224 e. The average Bonchev–Trinajstić information content (AvgIpc) is 2.93. The quantitative estimate of drug-likeness (QED) is 0.715. The molecule has 0 saturated carbocycles. The Morgan fingerprint density at radius 1 is 1.16 bits per heavy atom. The van der Waals surface area contributed by atoms with Gasteiger partial charge in [0.05, 0.1) is 16.6 Å². The van der Waals surface area contributed by atoms with Crippen LogP contribution in [0.3, 0.4) is 0 Å². The molecule has 0 bridgehead atoms. The number of rotatable bonds is 5. The zero-order valence-corrected chi connectivity index (χ0v) is 15.1. The van der Waals surface area contributed by atoms with Gasteiger partial charge in [0.2, 0.25) is 11.8 Å². The second kappa shape index (κ2) is 7.63. The van der Waals surface area contributed by atoms with Gasteiger partial charge < -0.3 is 10.6 Å². The molecular formula is C18H16ClN3O2S. The SMILES string of the molecule is CC(=O)Nc1nc2ccc(CC(=O)NCc3cccc(Cl)c3)cc2s1. The first kappa shape index (κ1) is 17.4. The van der Waals surface area contributed by atoms with Crippen LogP contribution in [0.1, 0.15) is 18.1 Å². The van der Waals surface area contributed by atoms with E-state index >= 15 is 0 Å². The van der Waals surface area contributed by atoms with Crippen molar-refractivity contribution in [2.24, 2.45) is 0 Å². The van der Waals surface area contributed by atoms with E-state index in [1.54, 1.807) is 6.07 Å². The van der Waals surface area contributed by atoms with Gasteiger partial charge in [-0.3, -0.25) is 9.59 Å². The fraction of sp³-hybridized carbons (Fsp3) is 0.167. The Hall–Kier alpha value is -2.44. The highest BCUT2D eigenvalue weighted by atomic mass is 35.5. The highest BCUT2D eigenvalue weighted by Gasteiger charge is 2.08. The molecular weight excluding hydrogens is 358 g/mol. The molecule has 0 aliphatic rings. The highest BCUT2D eigenvalue weighted by Crippen LogP contribution is 2.27. The van der Waals surface area contributed by atoms with Crippen molar-refractivity contribution in [3.63, 3.8) is 0 Å². The lowest BCUT2D eigenvalue weighted by atomic mass is 10.1. The van der Waals surface area contributed by atoms with E-state index in [1.165, 1.54) is 18.3 Å². The number of hydrogen-bond acceptors (Lipinski definition) is 4. The number of fused-ring (bicyclic) bond motifs is 1. The maximum Gasteiger partial charge on any atom is 0.224 e.